The Morgan fingerprint density at radius 2 is 2.18 bits per heavy atom. The monoisotopic (exact) mass is 230 g/mol. The molecule has 5 heteroatoms. The van der Waals surface area contributed by atoms with Gasteiger partial charge in [-0.3, -0.25) is 0 Å². The summed E-state index contributed by atoms with van der Waals surface area (Å²) in [4.78, 5) is 10.5. The van der Waals surface area contributed by atoms with Gasteiger partial charge in [-0.1, -0.05) is 18.2 Å². The lowest BCUT2D eigenvalue weighted by atomic mass is 10.1. The third-order valence-electron chi connectivity index (χ3n) is 2.82. The van der Waals surface area contributed by atoms with Crippen LogP contribution in [-0.4, -0.2) is 16.8 Å². The number of hydrogen-bond acceptors (Lipinski definition) is 2. The molecule has 3 N–H and O–H groups in total. The summed E-state index contributed by atoms with van der Waals surface area (Å²) in [5.41, 5.74) is 10.3. The molecular weight excluding hydrogens is 216 g/mol. The summed E-state index contributed by atoms with van der Waals surface area (Å²) >= 11 is 0. The molecule has 88 valence electrons. The topological polar surface area (TPSA) is 72.4 Å². The predicted molar refractivity (Wildman–Crippen MR) is 68.0 cm³/mol. The van der Waals surface area contributed by atoms with Crippen molar-refractivity contribution in [2.24, 2.45) is 17.9 Å². The number of nitrogens with two attached hydrogens (primary N) is 1. The van der Waals surface area contributed by atoms with Gasteiger partial charge in [-0.05, 0) is 13.0 Å². The average molecular weight is 230 g/mol. The summed E-state index contributed by atoms with van der Waals surface area (Å²) in [7, 11) is 2.00. The largest absolute Gasteiger partial charge is 0.350 e. The number of primary amides is 1. The summed E-state index contributed by atoms with van der Waals surface area (Å²) in [6, 6.07) is 7.36. The van der Waals surface area contributed by atoms with Gasteiger partial charge in [-0.25, -0.2) is 10.2 Å². The molecule has 0 atom stereocenters. The molecule has 0 aliphatic heterocycles. The average Bonchev–Trinajstić information content (AvgIpc) is 2.54. The number of nitrogens with zero attached hydrogens (tertiary/aromatic N) is 2. The maximum absolute atomic E-state index is 10.5. The van der Waals surface area contributed by atoms with Crippen molar-refractivity contribution in [1.82, 2.24) is 9.99 Å². The number of aromatic nitrogens is 1. The fourth-order valence-corrected chi connectivity index (χ4v) is 1.87. The van der Waals surface area contributed by atoms with Crippen LogP contribution in [0.3, 0.4) is 0 Å². The quantitative estimate of drug-likeness (QED) is 0.595. The van der Waals surface area contributed by atoms with Gasteiger partial charge in [0.25, 0.3) is 0 Å². The van der Waals surface area contributed by atoms with E-state index in [0.29, 0.717) is 0 Å². The standard InChI is InChI=1S/C12H14N4O/c1-8-10(7-14-15-12(13)17)9-5-3-4-6-11(9)16(8)2/h3-7H,1-2H3,(H3,13,15,17)/b14-7+. The molecule has 0 fully saturated rings. The third-order valence-corrected chi connectivity index (χ3v) is 2.82. The normalized spacial score (nSPS) is 11.2. The number of amides is 2. The SMILES string of the molecule is Cc1c(/C=N/NC(N)=O)c2ccccc2n1C. The van der Waals surface area contributed by atoms with E-state index in [1.165, 1.54) is 0 Å². The highest BCUT2D eigenvalue weighted by molar-refractivity contribution is 6.01. The highest BCUT2D eigenvalue weighted by atomic mass is 16.2. The lowest BCUT2D eigenvalue weighted by Gasteiger charge is -1.97. The molecule has 0 bridgehead atoms. The van der Waals surface area contributed by atoms with E-state index in [2.05, 4.69) is 15.1 Å². The molecule has 0 radical (unpaired) electrons. The zero-order valence-electron chi connectivity index (χ0n) is 9.77. The molecule has 17 heavy (non-hydrogen) atoms. The second-order valence-corrected chi connectivity index (χ2v) is 3.81. The zero-order valence-corrected chi connectivity index (χ0v) is 9.77. The van der Waals surface area contributed by atoms with Crippen LogP contribution in [0.15, 0.2) is 29.4 Å². The summed E-state index contributed by atoms with van der Waals surface area (Å²) < 4.78 is 2.08. The maximum Gasteiger partial charge on any atom is 0.332 e. The molecule has 0 spiro atoms. The number of hydrogen-bond donors (Lipinski definition) is 2. The van der Waals surface area contributed by atoms with Gasteiger partial charge in [0.15, 0.2) is 0 Å². The Labute approximate surface area is 98.9 Å². The van der Waals surface area contributed by atoms with E-state index in [1.54, 1.807) is 6.21 Å². The van der Waals surface area contributed by atoms with Gasteiger partial charge in [-0.15, -0.1) is 0 Å². The Balaban J connectivity index is 2.50. The van der Waals surface area contributed by atoms with Gasteiger partial charge < -0.3 is 10.3 Å². The van der Waals surface area contributed by atoms with Crippen LogP contribution < -0.4 is 11.2 Å². The first-order valence-electron chi connectivity index (χ1n) is 5.24. The molecule has 1 aromatic heterocycles. The molecular formula is C12H14N4O. The van der Waals surface area contributed by atoms with Crippen molar-refractivity contribution in [3.05, 3.63) is 35.5 Å². The Hall–Kier alpha value is -2.30. The number of hydrazone groups is 1. The summed E-state index contributed by atoms with van der Waals surface area (Å²) in [5, 5.41) is 4.90. The molecule has 0 aliphatic carbocycles. The van der Waals surface area contributed by atoms with Crippen LogP contribution in [0.25, 0.3) is 10.9 Å². The number of urea groups is 1. The second kappa shape index (κ2) is 4.29. The van der Waals surface area contributed by atoms with Gasteiger partial charge in [0, 0.05) is 29.2 Å². The number of rotatable bonds is 2. The number of carbonyl (C=O) groups excluding carboxylic acids is 1. The Kier molecular flexibility index (Phi) is 2.82. The first kappa shape index (κ1) is 11.2. The number of fused-ring (bicyclic) bond motifs is 1. The molecule has 2 aromatic rings. The smallest absolute Gasteiger partial charge is 0.332 e. The van der Waals surface area contributed by atoms with Crippen LogP contribution in [0.4, 0.5) is 4.79 Å². The van der Waals surface area contributed by atoms with Crippen molar-refractivity contribution in [3.8, 4) is 0 Å². The summed E-state index contributed by atoms with van der Waals surface area (Å²) in [6.07, 6.45) is 1.61. The van der Waals surface area contributed by atoms with E-state index in [-0.39, 0.29) is 0 Å². The number of nitrogens with one attached hydrogen (secondary N) is 1. The highest BCUT2D eigenvalue weighted by Crippen LogP contribution is 2.22. The molecule has 1 aromatic carbocycles. The number of para-hydroxylation sites is 1. The van der Waals surface area contributed by atoms with Gasteiger partial charge in [0.2, 0.25) is 0 Å². The fourth-order valence-electron chi connectivity index (χ4n) is 1.87. The van der Waals surface area contributed by atoms with Crippen LogP contribution in [0, 0.1) is 6.92 Å². The van der Waals surface area contributed by atoms with Crippen molar-refractivity contribution in [1.29, 1.82) is 0 Å². The van der Waals surface area contributed by atoms with Crippen molar-refractivity contribution < 1.29 is 4.79 Å². The Morgan fingerprint density at radius 3 is 2.88 bits per heavy atom. The lowest BCUT2D eigenvalue weighted by Crippen LogP contribution is -2.24. The van der Waals surface area contributed by atoms with E-state index in [1.807, 2.05) is 38.2 Å². The van der Waals surface area contributed by atoms with Crippen molar-refractivity contribution >= 4 is 23.1 Å². The third kappa shape index (κ3) is 1.99. The van der Waals surface area contributed by atoms with E-state index < -0.39 is 6.03 Å². The molecule has 0 aliphatic rings. The van der Waals surface area contributed by atoms with Crippen LogP contribution >= 0.6 is 0 Å². The van der Waals surface area contributed by atoms with Crippen LogP contribution in [-0.2, 0) is 7.05 Å². The molecule has 0 saturated carbocycles. The van der Waals surface area contributed by atoms with E-state index in [0.717, 1.165) is 22.2 Å². The van der Waals surface area contributed by atoms with Crippen LogP contribution in [0.1, 0.15) is 11.3 Å². The van der Waals surface area contributed by atoms with Gasteiger partial charge in [0.05, 0.1) is 6.21 Å². The first-order chi connectivity index (χ1) is 8.11. The van der Waals surface area contributed by atoms with Crippen molar-refractivity contribution in [2.45, 2.75) is 6.92 Å². The minimum atomic E-state index is -0.667. The minimum Gasteiger partial charge on any atom is -0.350 e. The highest BCUT2D eigenvalue weighted by Gasteiger charge is 2.08. The van der Waals surface area contributed by atoms with Crippen molar-refractivity contribution in [3.63, 3.8) is 0 Å². The molecule has 5 nitrogen and oxygen atoms in total. The summed E-state index contributed by atoms with van der Waals surface area (Å²) in [6.45, 7) is 2.01. The number of benzene rings is 1. The van der Waals surface area contributed by atoms with Crippen molar-refractivity contribution in [2.75, 3.05) is 0 Å². The molecule has 2 amide bonds. The van der Waals surface area contributed by atoms with Crippen LogP contribution in [0.2, 0.25) is 0 Å². The zero-order chi connectivity index (χ0) is 12.4. The molecule has 0 saturated heterocycles. The lowest BCUT2D eigenvalue weighted by molar-refractivity contribution is 0.249. The van der Waals surface area contributed by atoms with E-state index in [9.17, 15) is 4.79 Å². The van der Waals surface area contributed by atoms with Crippen LogP contribution in [0.5, 0.6) is 0 Å². The Morgan fingerprint density at radius 1 is 1.47 bits per heavy atom. The summed E-state index contributed by atoms with van der Waals surface area (Å²) in [5.74, 6) is 0. The Bertz CT molecular complexity index is 598. The number of aryl methyl sites for hydroxylation is 1. The molecule has 0 unspecified atom stereocenters. The fraction of sp³-hybridized carbons (Fsp3) is 0.167. The van der Waals surface area contributed by atoms with Gasteiger partial charge in [-0.2, -0.15) is 5.10 Å². The predicted octanol–water partition coefficient (Wildman–Crippen LogP) is 1.49. The molecule has 2 rings (SSSR count). The number of carbonyl (C=O) groups is 1. The van der Waals surface area contributed by atoms with E-state index in [4.69, 9.17) is 5.73 Å². The minimum absolute atomic E-state index is 0.667. The van der Waals surface area contributed by atoms with E-state index >= 15 is 0 Å². The second-order valence-electron chi connectivity index (χ2n) is 3.81. The van der Waals surface area contributed by atoms with Gasteiger partial charge in [0.1, 0.15) is 0 Å². The maximum atomic E-state index is 10.5. The molecule has 1 heterocycles. The first-order valence-corrected chi connectivity index (χ1v) is 5.24. The van der Waals surface area contributed by atoms with Gasteiger partial charge >= 0.3 is 6.03 Å².